The second-order valence-corrected chi connectivity index (χ2v) is 4.91. The first kappa shape index (κ1) is 15.0. The minimum absolute atomic E-state index is 0.0403. The fourth-order valence-electron chi connectivity index (χ4n) is 1.44. The van der Waals surface area contributed by atoms with E-state index in [1.54, 1.807) is 19.1 Å². The van der Waals surface area contributed by atoms with Crippen LogP contribution >= 0.6 is 15.9 Å². The number of carbonyl (C=O) groups is 1. The van der Waals surface area contributed by atoms with Crippen LogP contribution in [0.2, 0.25) is 0 Å². The lowest BCUT2D eigenvalue weighted by Gasteiger charge is -2.13. The summed E-state index contributed by atoms with van der Waals surface area (Å²) in [5.74, 6) is 0.371. The Balaban J connectivity index is 2.64. The fourth-order valence-corrected chi connectivity index (χ4v) is 1.81. The highest BCUT2D eigenvalue weighted by atomic mass is 79.9. The van der Waals surface area contributed by atoms with Gasteiger partial charge in [0, 0.05) is 16.6 Å². The van der Waals surface area contributed by atoms with E-state index in [0.717, 1.165) is 10.9 Å². The number of halogens is 1. The molecule has 0 bridgehead atoms. The van der Waals surface area contributed by atoms with E-state index in [0.29, 0.717) is 17.9 Å². The number of hydrogen-bond donors (Lipinski definition) is 2. The maximum Gasteiger partial charge on any atom is 0.257 e. The first-order valence-corrected chi connectivity index (χ1v) is 6.71. The molecule has 0 aromatic heterocycles. The van der Waals surface area contributed by atoms with Crippen molar-refractivity contribution in [1.82, 2.24) is 5.32 Å². The van der Waals surface area contributed by atoms with E-state index in [4.69, 9.17) is 4.74 Å². The molecule has 0 fully saturated rings. The molecule has 0 aliphatic carbocycles. The maximum absolute atomic E-state index is 11.4. The van der Waals surface area contributed by atoms with E-state index in [-0.39, 0.29) is 12.5 Å². The van der Waals surface area contributed by atoms with Gasteiger partial charge in [-0.15, -0.1) is 0 Å². The molecular weight excluding hydrogens is 298 g/mol. The molecule has 100 valence electrons. The van der Waals surface area contributed by atoms with Crippen LogP contribution in [0.3, 0.4) is 0 Å². The summed E-state index contributed by atoms with van der Waals surface area (Å²) in [5, 5.41) is 12.4. The van der Waals surface area contributed by atoms with Crippen LogP contribution in [0.4, 0.5) is 0 Å². The van der Waals surface area contributed by atoms with Crippen LogP contribution < -0.4 is 10.1 Å². The molecule has 0 spiro atoms. The number of benzene rings is 1. The van der Waals surface area contributed by atoms with Gasteiger partial charge >= 0.3 is 0 Å². The Morgan fingerprint density at radius 2 is 2.28 bits per heavy atom. The lowest BCUT2D eigenvalue weighted by molar-refractivity contribution is -0.123. The Hall–Kier alpha value is -1.07. The van der Waals surface area contributed by atoms with E-state index in [2.05, 4.69) is 21.2 Å². The topological polar surface area (TPSA) is 58.6 Å². The van der Waals surface area contributed by atoms with Crippen LogP contribution in [-0.2, 0) is 4.79 Å². The average Bonchev–Trinajstić information content (AvgIpc) is 2.34. The zero-order valence-corrected chi connectivity index (χ0v) is 12.2. The van der Waals surface area contributed by atoms with Crippen LogP contribution in [0.5, 0.6) is 5.75 Å². The number of aliphatic hydroxyl groups is 1. The summed E-state index contributed by atoms with van der Waals surface area (Å²) in [4.78, 5) is 11.4. The van der Waals surface area contributed by atoms with Crippen LogP contribution in [0.25, 0.3) is 0 Å². The second kappa shape index (κ2) is 7.38. The summed E-state index contributed by atoms with van der Waals surface area (Å²) in [7, 11) is 0. The molecule has 0 unspecified atom stereocenters. The van der Waals surface area contributed by atoms with Gasteiger partial charge in [-0.05, 0) is 31.5 Å². The Morgan fingerprint density at radius 1 is 1.56 bits per heavy atom. The van der Waals surface area contributed by atoms with Crippen molar-refractivity contribution >= 4 is 21.8 Å². The van der Waals surface area contributed by atoms with Crippen molar-refractivity contribution in [2.75, 3.05) is 13.2 Å². The van der Waals surface area contributed by atoms with Crippen molar-refractivity contribution in [1.29, 1.82) is 0 Å². The molecule has 0 aliphatic rings. The van der Waals surface area contributed by atoms with Crippen molar-refractivity contribution in [3.05, 3.63) is 28.2 Å². The molecule has 0 radical (unpaired) electrons. The number of amides is 1. The first-order valence-electron chi connectivity index (χ1n) is 5.91. The number of ether oxygens (including phenoxy) is 1. The monoisotopic (exact) mass is 315 g/mol. The lowest BCUT2D eigenvalue weighted by atomic mass is 10.1. The summed E-state index contributed by atoms with van der Waals surface area (Å²) >= 11 is 3.33. The van der Waals surface area contributed by atoms with Gasteiger partial charge in [0.1, 0.15) is 5.75 Å². The standard InChI is InChI=1S/C13H18BrNO3/c1-3-6-15-13(17)8-18-12-5-4-10(14)7-11(12)9(2)16/h4-5,7,9,16H,3,6,8H2,1-2H3,(H,15,17)/t9-/m1/s1. The molecule has 5 heteroatoms. The Kier molecular flexibility index (Phi) is 6.15. The minimum atomic E-state index is -0.642. The molecule has 0 aliphatic heterocycles. The molecule has 1 amide bonds. The minimum Gasteiger partial charge on any atom is -0.483 e. The van der Waals surface area contributed by atoms with E-state index >= 15 is 0 Å². The first-order chi connectivity index (χ1) is 8.54. The average molecular weight is 316 g/mol. The van der Waals surface area contributed by atoms with Gasteiger partial charge in [-0.25, -0.2) is 0 Å². The van der Waals surface area contributed by atoms with Crippen molar-refractivity contribution < 1.29 is 14.6 Å². The lowest BCUT2D eigenvalue weighted by Crippen LogP contribution is -2.29. The molecule has 1 rings (SSSR count). The third-order valence-corrected chi connectivity index (χ3v) is 2.85. The summed E-state index contributed by atoms with van der Waals surface area (Å²) in [6, 6.07) is 5.33. The van der Waals surface area contributed by atoms with Crippen molar-refractivity contribution in [2.24, 2.45) is 0 Å². The van der Waals surface area contributed by atoms with Crippen molar-refractivity contribution in [2.45, 2.75) is 26.4 Å². The number of nitrogens with one attached hydrogen (secondary N) is 1. The fraction of sp³-hybridized carbons (Fsp3) is 0.462. The molecule has 0 saturated heterocycles. The molecular formula is C13H18BrNO3. The maximum atomic E-state index is 11.4. The number of rotatable bonds is 6. The number of aliphatic hydroxyl groups excluding tert-OH is 1. The normalized spacial score (nSPS) is 12.0. The van der Waals surface area contributed by atoms with Gasteiger partial charge in [0.2, 0.25) is 0 Å². The van der Waals surface area contributed by atoms with Crippen LogP contribution in [0.1, 0.15) is 31.9 Å². The third-order valence-electron chi connectivity index (χ3n) is 2.35. The predicted octanol–water partition coefficient (Wildman–Crippen LogP) is 2.41. The van der Waals surface area contributed by atoms with Crippen molar-refractivity contribution in [3.8, 4) is 5.75 Å². The van der Waals surface area contributed by atoms with Crippen LogP contribution in [0, 0.1) is 0 Å². The zero-order valence-electron chi connectivity index (χ0n) is 10.6. The SMILES string of the molecule is CCCNC(=O)COc1ccc(Br)cc1[C@@H](C)O. The molecule has 1 atom stereocenters. The van der Waals surface area contributed by atoms with Gasteiger partial charge in [-0.2, -0.15) is 0 Å². The summed E-state index contributed by atoms with van der Waals surface area (Å²) < 4.78 is 6.28. The Morgan fingerprint density at radius 3 is 2.89 bits per heavy atom. The van der Waals surface area contributed by atoms with Gasteiger partial charge in [-0.3, -0.25) is 4.79 Å². The number of hydrogen-bond acceptors (Lipinski definition) is 3. The molecule has 0 heterocycles. The molecule has 2 N–H and O–H groups in total. The molecule has 1 aromatic rings. The van der Waals surface area contributed by atoms with Gasteiger partial charge in [0.15, 0.2) is 6.61 Å². The molecule has 0 saturated carbocycles. The third kappa shape index (κ3) is 4.66. The van der Waals surface area contributed by atoms with E-state index in [1.165, 1.54) is 0 Å². The highest BCUT2D eigenvalue weighted by Gasteiger charge is 2.11. The second-order valence-electron chi connectivity index (χ2n) is 4.00. The largest absolute Gasteiger partial charge is 0.483 e. The predicted molar refractivity (Wildman–Crippen MR) is 73.6 cm³/mol. The van der Waals surface area contributed by atoms with Crippen LogP contribution in [0.15, 0.2) is 22.7 Å². The summed E-state index contributed by atoms with van der Waals surface area (Å²) in [6.07, 6.45) is 0.249. The van der Waals surface area contributed by atoms with Crippen molar-refractivity contribution in [3.63, 3.8) is 0 Å². The highest BCUT2D eigenvalue weighted by Crippen LogP contribution is 2.28. The summed E-state index contributed by atoms with van der Waals surface area (Å²) in [5.41, 5.74) is 0.660. The van der Waals surface area contributed by atoms with Gasteiger partial charge in [0.25, 0.3) is 5.91 Å². The van der Waals surface area contributed by atoms with E-state index < -0.39 is 6.10 Å². The zero-order chi connectivity index (χ0) is 13.5. The summed E-state index contributed by atoms with van der Waals surface area (Å²) in [6.45, 7) is 4.25. The van der Waals surface area contributed by atoms with E-state index in [1.807, 2.05) is 13.0 Å². The van der Waals surface area contributed by atoms with Gasteiger partial charge < -0.3 is 15.2 Å². The Labute approximate surface area is 115 Å². The highest BCUT2D eigenvalue weighted by molar-refractivity contribution is 9.10. The van der Waals surface area contributed by atoms with Crippen LogP contribution in [-0.4, -0.2) is 24.2 Å². The smallest absolute Gasteiger partial charge is 0.257 e. The van der Waals surface area contributed by atoms with E-state index in [9.17, 15) is 9.90 Å². The Bertz CT molecular complexity index is 407. The molecule has 4 nitrogen and oxygen atoms in total. The van der Waals surface area contributed by atoms with Gasteiger partial charge in [0.05, 0.1) is 6.10 Å². The van der Waals surface area contributed by atoms with Gasteiger partial charge in [-0.1, -0.05) is 22.9 Å². The quantitative estimate of drug-likeness (QED) is 0.847. The molecule has 18 heavy (non-hydrogen) atoms. The number of carbonyl (C=O) groups excluding carboxylic acids is 1. The molecule has 1 aromatic carbocycles.